The molecule has 0 aliphatic carbocycles. The third-order valence-electron chi connectivity index (χ3n) is 6.43. The summed E-state index contributed by atoms with van der Waals surface area (Å²) in [5.74, 6) is 0. The molecular formula is C27H58BNO6. The molecule has 210 valence electrons. The summed E-state index contributed by atoms with van der Waals surface area (Å²) in [6, 6.07) is 0. The lowest BCUT2D eigenvalue weighted by atomic mass is 9.96. The maximum atomic E-state index is 6.42. The highest BCUT2D eigenvalue weighted by Crippen LogP contribution is 2.27. The van der Waals surface area contributed by atoms with E-state index in [1.807, 2.05) is 48.5 Å². The summed E-state index contributed by atoms with van der Waals surface area (Å²) in [5.41, 5.74) is 3.86. The van der Waals surface area contributed by atoms with Gasteiger partial charge in [0.2, 0.25) is 0 Å². The van der Waals surface area contributed by atoms with Gasteiger partial charge in [-0.3, -0.25) is 0 Å². The highest BCUT2D eigenvalue weighted by atomic mass is 16.8. The molecule has 1 atom stereocenters. The summed E-state index contributed by atoms with van der Waals surface area (Å²) in [4.78, 5) is 0. The first-order valence-corrected chi connectivity index (χ1v) is 13.4. The van der Waals surface area contributed by atoms with Crippen LogP contribution in [-0.2, 0) is 28.2 Å². The quantitative estimate of drug-likeness (QED) is 0.155. The summed E-state index contributed by atoms with van der Waals surface area (Å²) in [7, 11) is -0.858. The topological polar surface area (TPSA) is 81.4 Å². The van der Waals surface area contributed by atoms with Crippen LogP contribution in [0, 0.1) is 0 Å². The largest absolute Gasteiger partial charge is 0.640 e. The second-order valence-electron chi connectivity index (χ2n) is 12.7. The highest BCUT2D eigenvalue weighted by molar-refractivity contribution is 6.36. The van der Waals surface area contributed by atoms with E-state index in [4.69, 9.17) is 33.9 Å². The van der Waals surface area contributed by atoms with Crippen LogP contribution in [0.25, 0.3) is 0 Å². The second kappa shape index (κ2) is 14.7. The molecule has 0 bridgehead atoms. The Bertz CT molecular complexity index is 542. The lowest BCUT2D eigenvalue weighted by molar-refractivity contribution is -0.0968. The molecule has 0 aromatic carbocycles. The first-order valence-electron chi connectivity index (χ1n) is 13.4. The minimum Gasteiger partial charge on any atom is -0.381 e. The lowest BCUT2D eigenvalue weighted by Gasteiger charge is -2.38. The van der Waals surface area contributed by atoms with Crippen molar-refractivity contribution in [1.82, 2.24) is 0 Å². The molecule has 0 aromatic heterocycles. The predicted molar refractivity (Wildman–Crippen MR) is 145 cm³/mol. The maximum Gasteiger partial charge on any atom is 0.640 e. The van der Waals surface area contributed by atoms with Gasteiger partial charge in [0.1, 0.15) is 6.23 Å². The zero-order chi connectivity index (χ0) is 27.6. The van der Waals surface area contributed by atoms with E-state index in [1.165, 1.54) is 0 Å². The molecule has 0 aromatic rings. The van der Waals surface area contributed by atoms with Crippen LogP contribution >= 0.6 is 0 Å². The Morgan fingerprint density at radius 2 is 0.886 bits per heavy atom. The van der Waals surface area contributed by atoms with E-state index in [9.17, 15) is 0 Å². The van der Waals surface area contributed by atoms with Crippen LogP contribution in [0.5, 0.6) is 0 Å². The Kier molecular flexibility index (Phi) is 14.6. The van der Waals surface area contributed by atoms with Gasteiger partial charge in [0.15, 0.2) is 0 Å². The highest BCUT2D eigenvalue weighted by Gasteiger charge is 2.40. The molecule has 0 fully saturated rings. The molecule has 0 spiro atoms. The van der Waals surface area contributed by atoms with Crippen molar-refractivity contribution in [3.05, 3.63) is 0 Å². The average molecular weight is 504 g/mol. The summed E-state index contributed by atoms with van der Waals surface area (Å²) < 4.78 is 36.9. The molecule has 0 saturated heterocycles. The summed E-state index contributed by atoms with van der Waals surface area (Å²) in [6.07, 6.45) is 3.66. The molecule has 35 heavy (non-hydrogen) atoms. The third-order valence-corrected chi connectivity index (χ3v) is 6.43. The fourth-order valence-electron chi connectivity index (χ4n) is 2.87. The SMILES string of the molecule is CCC(C)(C)OCCC(C)(C)OB(OC(C)(C)CCOC(C)N)OC(C)(C)CCOC(C)(C)CC. The van der Waals surface area contributed by atoms with Crippen molar-refractivity contribution in [2.75, 3.05) is 19.8 Å². The van der Waals surface area contributed by atoms with E-state index < -0.39 is 24.1 Å². The maximum absolute atomic E-state index is 6.42. The zero-order valence-electron chi connectivity index (χ0n) is 25.3. The molecule has 0 saturated carbocycles. The number of rotatable bonds is 20. The van der Waals surface area contributed by atoms with E-state index in [0.717, 1.165) is 12.8 Å². The van der Waals surface area contributed by atoms with Crippen molar-refractivity contribution in [2.24, 2.45) is 5.73 Å². The van der Waals surface area contributed by atoms with Crippen LogP contribution < -0.4 is 5.73 Å². The Morgan fingerprint density at radius 3 is 1.17 bits per heavy atom. The average Bonchev–Trinajstić information content (AvgIpc) is 2.65. The first kappa shape index (κ1) is 34.8. The van der Waals surface area contributed by atoms with Crippen LogP contribution in [0.2, 0.25) is 0 Å². The molecule has 2 N–H and O–H groups in total. The Labute approximate surface area is 217 Å². The first-order chi connectivity index (χ1) is 15.7. The smallest absolute Gasteiger partial charge is 0.381 e. The molecule has 0 amide bonds. The molecule has 1 unspecified atom stereocenters. The number of nitrogens with two attached hydrogens (primary N) is 1. The van der Waals surface area contributed by atoms with Crippen LogP contribution in [0.3, 0.4) is 0 Å². The van der Waals surface area contributed by atoms with Crippen LogP contribution in [0.1, 0.15) is 122 Å². The number of hydrogen-bond acceptors (Lipinski definition) is 7. The van der Waals surface area contributed by atoms with E-state index in [1.54, 1.807) is 0 Å². The standard InChI is InChI=1S/C27H58BNO6/c1-14-23(4,5)31-20-17-26(10,11)34-28(33-25(8,9)16-19-30-22(3)29)35-27(12,13)18-21-32-24(6,7)15-2/h22H,14-21,29H2,1-13H3. The molecule has 8 heteroatoms. The second-order valence-corrected chi connectivity index (χ2v) is 12.7. The molecule has 0 rings (SSSR count). The Hall–Kier alpha value is -0.215. The summed E-state index contributed by atoms with van der Waals surface area (Å²) >= 11 is 0. The Morgan fingerprint density at radius 1 is 0.571 bits per heavy atom. The van der Waals surface area contributed by atoms with Crippen LogP contribution in [0.4, 0.5) is 0 Å². The Balaban J connectivity index is 5.30. The van der Waals surface area contributed by atoms with Crippen molar-refractivity contribution in [2.45, 2.75) is 156 Å². The summed E-state index contributed by atoms with van der Waals surface area (Å²) in [6.45, 7) is 28.4. The van der Waals surface area contributed by atoms with Gasteiger partial charge in [-0.1, -0.05) is 13.8 Å². The van der Waals surface area contributed by atoms with E-state index in [-0.39, 0.29) is 17.4 Å². The van der Waals surface area contributed by atoms with Gasteiger partial charge in [0.05, 0.1) is 34.6 Å². The van der Waals surface area contributed by atoms with E-state index >= 15 is 0 Å². The van der Waals surface area contributed by atoms with E-state index in [2.05, 4.69) is 41.5 Å². The summed E-state index contributed by atoms with van der Waals surface area (Å²) in [5, 5.41) is 0. The van der Waals surface area contributed by atoms with Crippen molar-refractivity contribution in [3.8, 4) is 0 Å². The minimum atomic E-state index is -0.858. The van der Waals surface area contributed by atoms with Gasteiger partial charge in [-0.15, -0.1) is 0 Å². The zero-order valence-corrected chi connectivity index (χ0v) is 25.3. The van der Waals surface area contributed by atoms with Crippen molar-refractivity contribution in [1.29, 1.82) is 0 Å². The van der Waals surface area contributed by atoms with Gasteiger partial charge in [0, 0.05) is 13.2 Å². The van der Waals surface area contributed by atoms with Gasteiger partial charge in [-0.05, 0) is 108 Å². The minimum absolute atomic E-state index is 0.154. The van der Waals surface area contributed by atoms with Crippen LogP contribution in [0.15, 0.2) is 0 Å². The lowest BCUT2D eigenvalue weighted by Crippen LogP contribution is -2.48. The van der Waals surface area contributed by atoms with Crippen LogP contribution in [-0.4, -0.2) is 61.4 Å². The molecular weight excluding hydrogens is 445 g/mol. The van der Waals surface area contributed by atoms with Crippen molar-refractivity contribution >= 4 is 7.32 Å². The van der Waals surface area contributed by atoms with Gasteiger partial charge in [-0.2, -0.15) is 0 Å². The van der Waals surface area contributed by atoms with Crippen molar-refractivity contribution < 1.29 is 28.2 Å². The number of hydrogen-bond donors (Lipinski definition) is 1. The molecule has 0 heterocycles. The predicted octanol–water partition coefficient (Wildman–Crippen LogP) is 6.26. The number of ether oxygens (including phenoxy) is 3. The molecule has 0 aliphatic rings. The molecule has 0 radical (unpaired) electrons. The fraction of sp³-hybridized carbons (Fsp3) is 1.00. The molecule has 7 nitrogen and oxygen atoms in total. The van der Waals surface area contributed by atoms with Gasteiger partial charge >= 0.3 is 7.32 Å². The van der Waals surface area contributed by atoms with Gasteiger partial charge < -0.3 is 33.9 Å². The monoisotopic (exact) mass is 503 g/mol. The fourth-order valence-corrected chi connectivity index (χ4v) is 2.87. The third kappa shape index (κ3) is 17.8. The van der Waals surface area contributed by atoms with Gasteiger partial charge in [-0.25, -0.2) is 0 Å². The molecule has 0 aliphatic heterocycles. The van der Waals surface area contributed by atoms with Gasteiger partial charge in [0.25, 0.3) is 0 Å². The van der Waals surface area contributed by atoms with E-state index in [0.29, 0.717) is 39.1 Å². The van der Waals surface area contributed by atoms with Crippen molar-refractivity contribution in [3.63, 3.8) is 0 Å². The normalized spacial score (nSPS) is 14.9.